The quantitative estimate of drug-likeness (QED) is 0.755. The topological polar surface area (TPSA) is 64.4 Å². The molecule has 1 amide bonds. The summed E-state index contributed by atoms with van der Waals surface area (Å²) in [4.78, 5) is 12.2. The van der Waals surface area contributed by atoms with Gasteiger partial charge in [-0.3, -0.25) is 10.1 Å². The fourth-order valence-corrected chi connectivity index (χ4v) is 2.39. The van der Waals surface area contributed by atoms with Crippen molar-refractivity contribution in [3.05, 3.63) is 65.3 Å². The Labute approximate surface area is 144 Å². The molecule has 0 unspecified atom stereocenters. The fourth-order valence-electron chi connectivity index (χ4n) is 2.26. The van der Waals surface area contributed by atoms with Crippen LogP contribution >= 0.6 is 11.6 Å². The zero-order valence-electron chi connectivity index (χ0n) is 13.0. The number of hydrogen-bond acceptors (Lipinski definition) is 4. The molecule has 24 heavy (non-hydrogen) atoms. The van der Waals surface area contributed by atoms with Crippen molar-refractivity contribution in [2.75, 3.05) is 12.4 Å². The molecule has 1 heterocycles. The molecule has 0 radical (unpaired) electrons. The van der Waals surface area contributed by atoms with E-state index < -0.39 is 0 Å². The molecule has 0 fully saturated rings. The van der Waals surface area contributed by atoms with Gasteiger partial charge in [-0.15, -0.1) is 0 Å². The molecule has 1 N–H and O–H groups in total. The van der Waals surface area contributed by atoms with Gasteiger partial charge in [0.05, 0.1) is 25.3 Å². The van der Waals surface area contributed by atoms with Crippen molar-refractivity contribution in [3.63, 3.8) is 0 Å². The maximum Gasteiger partial charge on any atom is 0.239 e. The van der Waals surface area contributed by atoms with Gasteiger partial charge in [-0.05, 0) is 35.4 Å². The fraction of sp³-hybridized carbons (Fsp3) is 0.111. The summed E-state index contributed by atoms with van der Waals surface area (Å²) in [5, 5.41) is 7.15. The summed E-state index contributed by atoms with van der Waals surface area (Å²) >= 11 is 5.89. The van der Waals surface area contributed by atoms with Crippen LogP contribution in [0.5, 0.6) is 5.75 Å². The SMILES string of the molecule is COc1ccc(CC(=O)Nc2oncc2-c2ccc(Cl)cc2)cc1. The van der Waals surface area contributed by atoms with Crippen molar-refractivity contribution in [3.8, 4) is 16.9 Å². The van der Waals surface area contributed by atoms with Crippen LogP contribution in [0.2, 0.25) is 5.02 Å². The normalized spacial score (nSPS) is 10.4. The van der Waals surface area contributed by atoms with Gasteiger partial charge in [-0.1, -0.05) is 41.0 Å². The van der Waals surface area contributed by atoms with Crippen LogP contribution in [0.15, 0.2) is 59.3 Å². The second kappa shape index (κ2) is 7.19. The summed E-state index contributed by atoms with van der Waals surface area (Å²) < 4.78 is 10.3. The van der Waals surface area contributed by atoms with E-state index in [2.05, 4.69) is 10.5 Å². The van der Waals surface area contributed by atoms with Crippen LogP contribution in [0.1, 0.15) is 5.56 Å². The van der Waals surface area contributed by atoms with Gasteiger partial charge in [0.2, 0.25) is 11.8 Å². The lowest BCUT2D eigenvalue weighted by Gasteiger charge is -2.05. The van der Waals surface area contributed by atoms with Crippen LogP contribution in [-0.2, 0) is 11.2 Å². The van der Waals surface area contributed by atoms with E-state index in [1.807, 2.05) is 36.4 Å². The van der Waals surface area contributed by atoms with Crippen LogP contribution in [0.3, 0.4) is 0 Å². The monoisotopic (exact) mass is 342 g/mol. The van der Waals surface area contributed by atoms with E-state index in [9.17, 15) is 4.79 Å². The predicted octanol–water partition coefficient (Wildman–Crippen LogP) is 4.18. The third-order valence-electron chi connectivity index (χ3n) is 3.50. The molecule has 0 bridgehead atoms. The molecule has 0 saturated heterocycles. The van der Waals surface area contributed by atoms with E-state index in [0.29, 0.717) is 16.5 Å². The number of aromatic nitrogens is 1. The number of rotatable bonds is 5. The minimum atomic E-state index is -0.188. The van der Waals surface area contributed by atoms with Crippen molar-refractivity contribution >= 4 is 23.4 Å². The van der Waals surface area contributed by atoms with Crippen LogP contribution in [-0.4, -0.2) is 18.2 Å². The molecule has 0 aliphatic carbocycles. The third-order valence-corrected chi connectivity index (χ3v) is 3.75. The Bertz CT molecular complexity index is 826. The average Bonchev–Trinajstić information content (AvgIpc) is 3.04. The van der Waals surface area contributed by atoms with E-state index >= 15 is 0 Å². The van der Waals surface area contributed by atoms with Gasteiger partial charge in [0.15, 0.2) is 0 Å². The van der Waals surface area contributed by atoms with Crippen molar-refractivity contribution in [1.82, 2.24) is 5.16 Å². The van der Waals surface area contributed by atoms with Gasteiger partial charge in [-0.25, -0.2) is 0 Å². The molecule has 5 nitrogen and oxygen atoms in total. The lowest BCUT2D eigenvalue weighted by molar-refractivity contribution is -0.115. The number of methoxy groups -OCH3 is 1. The number of nitrogens with one attached hydrogen (secondary N) is 1. The third kappa shape index (κ3) is 3.75. The molecular weight excluding hydrogens is 328 g/mol. The van der Waals surface area contributed by atoms with Crippen LogP contribution in [0.4, 0.5) is 5.88 Å². The molecule has 2 aromatic carbocycles. The maximum atomic E-state index is 12.2. The standard InChI is InChI=1S/C18H15ClN2O3/c1-23-15-8-2-12(3-9-15)10-17(22)21-18-16(11-20-24-18)13-4-6-14(19)7-5-13/h2-9,11H,10H2,1H3,(H,21,22). The number of halogens is 1. The highest BCUT2D eigenvalue weighted by Crippen LogP contribution is 2.28. The molecule has 0 saturated carbocycles. The smallest absolute Gasteiger partial charge is 0.239 e. The largest absolute Gasteiger partial charge is 0.497 e. The Hall–Kier alpha value is -2.79. The number of carbonyl (C=O) groups excluding carboxylic acids is 1. The number of nitrogens with zero attached hydrogens (tertiary/aromatic N) is 1. The Morgan fingerprint density at radius 3 is 2.54 bits per heavy atom. The van der Waals surface area contributed by atoms with Gasteiger partial charge in [-0.2, -0.15) is 0 Å². The van der Waals surface area contributed by atoms with E-state index in [-0.39, 0.29) is 12.3 Å². The average molecular weight is 343 g/mol. The lowest BCUT2D eigenvalue weighted by atomic mass is 10.1. The van der Waals surface area contributed by atoms with Gasteiger partial charge in [0, 0.05) is 5.02 Å². The number of hydrogen-bond donors (Lipinski definition) is 1. The lowest BCUT2D eigenvalue weighted by Crippen LogP contribution is -2.14. The van der Waals surface area contributed by atoms with Gasteiger partial charge >= 0.3 is 0 Å². The van der Waals surface area contributed by atoms with E-state index in [4.69, 9.17) is 20.9 Å². The van der Waals surface area contributed by atoms with Gasteiger partial charge < -0.3 is 9.26 Å². The van der Waals surface area contributed by atoms with Crippen molar-refractivity contribution in [1.29, 1.82) is 0 Å². The molecule has 3 rings (SSSR count). The number of amides is 1. The first kappa shape index (κ1) is 16.1. The van der Waals surface area contributed by atoms with Crippen LogP contribution in [0.25, 0.3) is 11.1 Å². The first-order valence-corrected chi connectivity index (χ1v) is 7.67. The molecule has 0 aliphatic rings. The summed E-state index contributed by atoms with van der Waals surface area (Å²) in [5.74, 6) is 0.877. The number of carbonyl (C=O) groups is 1. The summed E-state index contributed by atoms with van der Waals surface area (Å²) in [5.41, 5.74) is 2.44. The van der Waals surface area contributed by atoms with Crippen molar-refractivity contribution in [2.24, 2.45) is 0 Å². The van der Waals surface area contributed by atoms with Crippen molar-refractivity contribution in [2.45, 2.75) is 6.42 Å². The van der Waals surface area contributed by atoms with E-state index in [0.717, 1.165) is 16.9 Å². The molecule has 6 heteroatoms. The van der Waals surface area contributed by atoms with Crippen molar-refractivity contribution < 1.29 is 14.1 Å². The van der Waals surface area contributed by atoms with Crippen LogP contribution in [0, 0.1) is 0 Å². The Kier molecular flexibility index (Phi) is 4.82. The second-order valence-electron chi connectivity index (χ2n) is 5.15. The highest BCUT2D eigenvalue weighted by Gasteiger charge is 2.14. The minimum absolute atomic E-state index is 0.188. The van der Waals surface area contributed by atoms with E-state index in [1.54, 1.807) is 25.4 Å². The molecular formula is C18H15ClN2O3. The first-order chi connectivity index (χ1) is 11.7. The molecule has 0 spiro atoms. The number of ether oxygens (including phenoxy) is 1. The zero-order valence-corrected chi connectivity index (χ0v) is 13.7. The molecule has 122 valence electrons. The Morgan fingerprint density at radius 2 is 1.88 bits per heavy atom. The van der Waals surface area contributed by atoms with E-state index in [1.165, 1.54) is 0 Å². The Morgan fingerprint density at radius 1 is 1.17 bits per heavy atom. The minimum Gasteiger partial charge on any atom is -0.497 e. The number of benzene rings is 2. The predicted molar refractivity (Wildman–Crippen MR) is 92.3 cm³/mol. The molecule has 0 aliphatic heterocycles. The molecule has 0 atom stereocenters. The molecule has 3 aromatic rings. The summed E-state index contributed by atoms with van der Waals surface area (Å²) in [7, 11) is 1.60. The maximum absolute atomic E-state index is 12.2. The zero-order chi connectivity index (χ0) is 16.9. The van der Waals surface area contributed by atoms with Crippen LogP contribution < -0.4 is 10.1 Å². The number of anilines is 1. The molecule has 1 aromatic heterocycles. The van der Waals surface area contributed by atoms with Gasteiger partial charge in [0.1, 0.15) is 5.75 Å². The second-order valence-corrected chi connectivity index (χ2v) is 5.58. The summed E-state index contributed by atoms with van der Waals surface area (Å²) in [6, 6.07) is 14.5. The Balaban J connectivity index is 1.70. The first-order valence-electron chi connectivity index (χ1n) is 7.29. The highest BCUT2D eigenvalue weighted by atomic mass is 35.5. The summed E-state index contributed by atoms with van der Waals surface area (Å²) in [6.45, 7) is 0. The van der Waals surface area contributed by atoms with Gasteiger partial charge in [0.25, 0.3) is 0 Å². The highest BCUT2D eigenvalue weighted by molar-refractivity contribution is 6.30. The summed E-state index contributed by atoms with van der Waals surface area (Å²) in [6.07, 6.45) is 1.79.